The van der Waals surface area contributed by atoms with Gasteiger partial charge in [0.2, 0.25) is 5.91 Å². The van der Waals surface area contributed by atoms with Crippen LogP contribution >= 0.6 is 0 Å². The van der Waals surface area contributed by atoms with Crippen LogP contribution in [0, 0.1) is 5.92 Å². The van der Waals surface area contributed by atoms with Crippen molar-refractivity contribution < 1.29 is 26.4 Å². The first-order chi connectivity index (χ1) is 14.0. The number of hydrogen-bond donors (Lipinski definition) is 2. The van der Waals surface area contributed by atoms with E-state index in [1.807, 2.05) is 0 Å². The molecule has 3 rings (SSSR count). The van der Waals surface area contributed by atoms with Gasteiger partial charge < -0.3 is 5.32 Å². The highest BCUT2D eigenvalue weighted by atomic mass is 32.2. The molecule has 0 saturated heterocycles. The van der Waals surface area contributed by atoms with Gasteiger partial charge in [0.15, 0.2) is 0 Å². The molecule has 30 heavy (non-hydrogen) atoms. The van der Waals surface area contributed by atoms with E-state index in [-0.39, 0.29) is 5.69 Å². The van der Waals surface area contributed by atoms with Crippen LogP contribution in [0.4, 0.5) is 24.5 Å². The highest BCUT2D eigenvalue weighted by molar-refractivity contribution is 7.93. The minimum Gasteiger partial charge on any atom is -0.325 e. The van der Waals surface area contributed by atoms with Crippen LogP contribution in [0.15, 0.2) is 59.6 Å². The Morgan fingerprint density at radius 2 is 1.73 bits per heavy atom. The average Bonchev–Trinajstić information content (AvgIpc) is 2.67. The van der Waals surface area contributed by atoms with E-state index in [9.17, 15) is 26.4 Å². The zero-order valence-corrected chi connectivity index (χ0v) is 16.8. The van der Waals surface area contributed by atoms with Crippen LogP contribution in [0.5, 0.6) is 0 Å². The third-order valence-corrected chi connectivity index (χ3v) is 5.68. The van der Waals surface area contributed by atoms with Crippen LogP contribution in [-0.2, 0) is 21.0 Å². The number of para-hydroxylation sites is 1. The smallest absolute Gasteiger partial charge is 0.325 e. The average molecular weight is 437 g/mol. The Bertz CT molecular complexity index is 1200. The van der Waals surface area contributed by atoms with Crippen molar-refractivity contribution >= 4 is 38.2 Å². The molecule has 1 heterocycles. The SMILES string of the molecule is CC(C)C(=O)Nc1cc(C(F)(F)F)ccc1S(=O)(=O)Nc1cccc2cccnc12. The van der Waals surface area contributed by atoms with Crippen molar-refractivity contribution in [1.29, 1.82) is 0 Å². The molecule has 0 aliphatic carbocycles. The third-order valence-electron chi connectivity index (χ3n) is 4.26. The first-order valence-electron chi connectivity index (χ1n) is 8.88. The molecule has 0 bridgehead atoms. The number of amides is 1. The Hall–Kier alpha value is -3.14. The summed E-state index contributed by atoms with van der Waals surface area (Å²) < 4.78 is 67.8. The maximum Gasteiger partial charge on any atom is 0.416 e. The summed E-state index contributed by atoms with van der Waals surface area (Å²) in [6.07, 6.45) is -3.21. The number of sulfonamides is 1. The summed E-state index contributed by atoms with van der Waals surface area (Å²) in [6, 6.07) is 10.4. The molecular weight excluding hydrogens is 419 g/mol. The molecule has 0 spiro atoms. The van der Waals surface area contributed by atoms with Crippen LogP contribution in [0.1, 0.15) is 19.4 Å². The van der Waals surface area contributed by atoms with E-state index >= 15 is 0 Å². The number of alkyl halides is 3. The van der Waals surface area contributed by atoms with E-state index in [1.54, 1.807) is 24.3 Å². The lowest BCUT2D eigenvalue weighted by Gasteiger charge is -2.17. The van der Waals surface area contributed by atoms with E-state index in [4.69, 9.17) is 0 Å². The molecule has 0 saturated carbocycles. The highest BCUT2D eigenvalue weighted by Gasteiger charge is 2.33. The molecule has 0 unspecified atom stereocenters. The van der Waals surface area contributed by atoms with Crippen molar-refractivity contribution in [3.63, 3.8) is 0 Å². The van der Waals surface area contributed by atoms with Crippen LogP contribution in [0.25, 0.3) is 10.9 Å². The Labute approximate surface area is 171 Å². The van der Waals surface area contributed by atoms with Gasteiger partial charge >= 0.3 is 6.18 Å². The van der Waals surface area contributed by atoms with Crippen LogP contribution in [-0.4, -0.2) is 19.3 Å². The Balaban J connectivity index is 2.08. The predicted octanol–water partition coefficient (Wildman–Crippen LogP) is 4.65. The molecule has 0 aliphatic rings. The van der Waals surface area contributed by atoms with Gasteiger partial charge in [-0.3, -0.25) is 14.5 Å². The largest absolute Gasteiger partial charge is 0.416 e. The van der Waals surface area contributed by atoms with Crippen molar-refractivity contribution in [2.75, 3.05) is 10.0 Å². The third kappa shape index (κ3) is 4.54. The Morgan fingerprint density at radius 3 is 2.40 bits per heavy atom. The number of fused-ring (bicyclic) bond motifs is 1. The monoisotopic (exact) mass is 437 g/mol. The van der Waals surface area contributed by atoms with Crippen molar-refractivity contribution in [3.05, 3.63) is 60.3 Å². The maximum absolute atomic E-state index is 13.1. The molecule has 158 valence electrons. The lowest BCUT2D eigenvalue weighted by Crippen LogP contribution is -2.22. The molecule has 1 amide bonds. The molecule has 0 atom stereocenters. The van der Waals surface area contributed by atoms with Crippen LogP contribution in [0.3, 0.4) is 0 Å². The number of nitrogens with zero attached hydrogens (tertiary/aromatic N) is 1. The van der Waals surface area contributed by atoms with Crippen molar-refractivity contribution in [1.82, 2.24) is 4.98 Å². The number of nitrogens with one attached hydrogen (secondary N) is 2. The molecule has 10 heteroatoms. The second-order valence-corrected chi connectivity index (χ2v) is 8.49. The molecule has 3 aromatic rings. The van der Waals surface area contributed by atoms with Crippen molar-refractivity contribution in [3.8, 4) is 0 Å². The number of pyridine rings is 1. The lowest BCUT2D eigenvalue weighted by atomic mass is 10.1. The second-order valence-electron chi connectivity index (χ2n) is 6.84. The zero-order valence-electron chi connectivity index (χ0n) is 16.0. The molecule has 0 aliphatic heterocycles. The molecule has 2 N–H and O–H groups in total. The fourth-order valence-electron chi connectivity index (χ4n) is 2.70. The number of anilines is 2. The fraction of sp³-hybridized carbons (Fsp3) is 0.200. The number of rotatable bonds is 5. The molecular formula is C20H18F3N3O3S. The minimum absolute atomic E-state index is 0.161. The molecule has 1 aromatic heterocycles. The zero-order chi connectivity index (χ0) is 22.1. The first kappa shape index (κ1) is 21.6. The van der Waals surface area contributed by atoms with Crippen molar-refractivity contribution in [2.24, 2.45) is 5.92 Å². The topological polar surface area (TPSA) is 88.2 Å². The number of carbonyl (C=O) groups excluding carboxylic acids is 1. The van der Waals surface area contributed by atoms with E-state index in [0.29, 0.717) is 23.0 Å². The molecule has 0 radical (unpaired) electrons. The summed E-state index contributed by atoms with van der Waals surface area (Å²) >= 11 is 0. The minimum atomic E-state index is -4.70. The first-order valence-corrected chi connectivity index (χ1v) is 10.4. The summed E-state index contributed by atoms with van der Waals surface area (Å²) in [7, 11) is -4.34. The van der Waals surface area contributed by atoms with E-state index in [1.165, 1.54) is 26.1 Å². The lowest BCUT2D eigenvalue weighted by molar-refractivity contribution is -0.137. The Morgan fingerprint density at radius 1 is 1.03 bits per heavy atom. The van der Waals surface area contributed by atoms with Crippen LogP contribution in [0.2, 0.25) is 0 Å². The van der Waals surface area contributed by atoms with E-state index < -0.39 is 44.2 Å². The second kappa shape index (κ2) is 7.94. The summed E-state index contributed by atoms with van der Waals surface area (Å²) in [5.41, 5.74) is -0.992. The van der Waals surface area contributed by atoms with Gasteiger partial charge in [0.25, 0.3) is 10.0 Å². The normalized spacial score (nSPS) is 12.2. The quantitative estimate of drug-likeness (QED) is 0.608. The van der Waals surface area contributed by atoms with Gasteiger partial charge in [0, 0.05) is 17.5 Å². The summed E-state index contributed by atoms with van der Waals surface area (Å²) in [6.45, 7) is 3.08. The van der Waals surface area contributed by atoms with Crippen molar-refractivity contribution in [2.45, 2.75) is 24.9 Å². The highest BCUT2D eigenvalue weighted by Crippen LogP contribution is 2.35. The summed E-state index contributed by atoms with van der Waals surface area (Å²) in [5.74, 6) is -1.18. The van der Waals surface area contributed by atoms with Gasteiger partial charge in [-0.1, -0.05) is 32.0 Å². The van der Waals surface area contributed by atoms with Gasteiger partial charge in [0.1, 0.15) is 4.90 Å². The molecule has 0 fully saturated rings. The predicted molar refractivity (Wildman–Crippen MR) is 107 cm³/mol. The number of halogens is 3. The van der Waals surface area contributed by atoms with Gasteiger partial charge in [-0.05, 0) is 30.3 Å². The number of hydrogen-bond acceptors (Lipinski definition) is 4. The van der Waals surface area contributed by atoms with E-state index in [2.05, 4.69) is 15.0 Å². The van der Waals surface area contributed by atoms with Gasteiger partial charge in [-0.25, -0.2) is 8.42 Å². The van der Waals surface area contributed by atoms with Gasteiger partial charge in [0.05, 0.1) is 22.5 Å². The maximum atomic E-state index is 13.1. The number of aromatic nitrogens is 1. The van der Waals surface area contributed by atoms with Gasteiger partial charge in [-0.15, -0.1) is 0 Å². The Kier molecular flexibility index (Phi) is 5.71. The van der Waals surface area contributed by atoms with Gasteiger partial charge in [-0.2, -0.15) is 13.2 Å². The number of benzene rings is 2. The molecule has 6 nitrogen and oxygen atoms in total. The van der Waals surface area contributed by atoms with Crippen LogP contribution < -0.4 is 10.0 Å². The van der Waals surface area contributed by atoms with E-state index in [0.717, 1.165) is 6.07 Å². The summed E-state index contributed by atoms with van der Waals surface area (Å²) in [5, 5.41) is 2.96. The fourth-order valence-corrected chi connectivity index (χ4v) is 3.91. The standard InChI is InChI=1S/C20H18F3N3O3S/c1-12(2)19(27)25-16-11-14(20(21,22)23)8-9-17(16)30(28,29)26-15-7-3-5-13-6-4-10-24-18(13)15/h3-12,26H,1-2H3,(H,25,27). The number of carbonyl (C=O) groups is 1. The molecule has 2 aromatic carbocycles. The summed E-state index contributed by atoms with van der Waals surface area (Å²) in [4.78, 5) is 15.7.